The number of likely N-dealkylation sites (tertiary alicyclic amines) is 1. The number of nitrogens with one attached hydrogen (secondary N) is 2. The molecule has 1 amide bonds. The van der Waals surface area contributed by atoms with Crippen molar-refractivity contribution in [2.75, 3.05) is 26.2 Å². The molecule has 2 N–H and O–H groups in total. The molecule has 0 radical (unpaired) electrons. The van der Waals surface area contributed by atoms with E-state index in [1.54, 1.807) is 4.90 Å². The third-order valence-electron chi connectivity index (χ3n) is 3.79. The Hall–Kier alpha value is -1.89. The number of nitro groups is 1. The Labute approximate surface area is 103 Å². The van der Waals surface area contributed by atoms with Crippen LogP contribution < -0.4 is 5.32 Å². The van der Waals surface area contributed by atoms with E-state index in [1.807, 2.05) is 0 Å². The van der Waals surface area contributed by atoms with Crippen molar-refractivity contribution in [3.05, 3.63) is 28.1 Å². The van der Waals surface area contributed by atoms with Crippen LogP contribution in [0, 0.1) is 22.0 Å². The van der Waals surface area contributed by atoms with Crippen LogP contribution in [-0.2, 0) is 0 Å². The standard InChI is InChI=1S/C11H14N4O3/c16-11(10-1-9(4-13-10)15(17)18)14-5-7-2-12-3-8(7)6-14/h1,4,7-8,12-13H,2-3,5-6H2/t7-,8+. The molecule has 7 nitrogen and oxygen atoms in total. The van der Waals surface area contributed by atoms with Crippen molar-refractivity contribution in [1.82, 2.24) is 15.2 Å². The molecule has 2 aliphatic heterocycles. The molecule has 96 valence electrons. The van der Waals surface area contributed by atoms with Gasteiger partial charge in [0, 0.05) is 32.2 Å². The quantitative estimate of drug-likeness (QED) is 0.580. The fourth-order valence-corrected chi connectivity index (χ4v) is 2.80. The number of carbonyl (C=O) groups excluding carboxylic acids is 1. The summed E-state index contributed by atoms with van der Waals surface area (Å²) in [5, 5.41) is 13.9. The maximum atomic E-state index is 12.2. The topological polar surface area (TPSA) is 91.3 Å². The van der Waals surface area contributed by atoms with Crippen LogP contribution in [0.25, 0.3) is 0 Å². The van der Waals surface area contributed by atoms with Gasteiger partial charge >= 0.3 is 0 Å². The summed E-state index contributed by atoms with van der Waals surface area (Å²) in [7, 11) is 0. The SMILES string of the molecule is O=C(c1cc([N+](=O)[O-])c[nH]1)N1C[C@H]2CNC[C@H]2C1. The lowest BCUT2D eigenvalue weighted by molar-refractivity contribution is -0.384. The monoisotopic (exact) mass is 250 g/mol. The molecule has 0 aliphatic carbocycles. The number of aromatic amines is 1. The van der Waals surface area contributed by atoms with E-state index < -0.39 is 4.92 Å². The van der Waals surface area contributed by atoms with Gasteiger partial charge in [-0.3, -0.25) is 14.9 Å². The molecule has 3 heterocycles. The van der Waals surface area contributed by atoms with Crippen molar-refractivity contribution in [1.29, 1.82) is 0 Å². The maximum Gasteiger partial charge on any atom is 0.287 e. The number of nitrogens with zero attached hydrogens (tertiary/aromatic N) is 2. The van der Waals surface area contributed by atoms with Crippen LogP contribution in [0.5, 0.6) is 0 Å². The fraction of sp³-hybridized carbons (Fsp3) is 0.545. The summed E-state index contributed by atoms with van der Waals surface area (Å²) in [6.07, 6.45) is 1.26. The Kier molecular flexibility index (Phi) is 2.55. The van der Waals surface area contributed by atoms with E-state index >= 15 is 0 Å². The van der Waals surface area contributed by atoms with Crippen molar-refractivity contribution in [2.45, 2.75) is 0 Å². The van der Waals surface area contributed by atoms with Gasteiger partial charge in [0.1, 0.15) is 5.69 Å². The average Bonchev–Trinajstić information content (AvgIpc) is 3.02. The summed E-state index contributed by atoms with van der Waals surface area (Å²) in [4.78, 5) is 26.7. The molecule has 2 fully saturated rings. The molecule has 3 rings (SSSR count). The lowest BCUT2D eigenvalue weighted by Crippen LogP contribution is -2.32. The number of hydrogen-bond acceptors (Lipinski definition) is 4. The van der Waals surface area contributed by atoms with Crippen LogP contribution in [0.2, 0.25) is 0 Å². The number of fused-ring (bicyclic) bond motifs is 1. The summed E-state index contributed by atoms with van der Waals surface area (Å²) < 4.78 is 0. The molecule has 0 unspecified atom stereocenters. The average molecular weight is 250 g/mol. The van der Waals surface area contributed by atoms with E-state index in [9.17, 15) is 14.9 Å². The summed E-state index contributed by atoms with van der Waals surface area (Å²) in [6, 6.07) is 1.30. The van der Waals surface area contributed by atoms with E-state index in [-0.39, 0.29) is 11.6 Å². The van der Waals surface area contributed by atoms with Crippen LogP contribution in [0.4, 0.5) is 5.69 Å². The molecule has 1 aromatic heterocycles. The van der Waals surface area contributed by atoms with Gasteiger partial charge in [0.05, 0.1) is 11.1 Å². The largest absolute Gasteiger partial charge is 0.351 e. The van der Waals surface area contributed by atoms with E-state index in [2.05, 4.69) is 10.3 Å². The minimum Gasteiger partial charge on any atom is -0.351 e. The second-order valence-corrected chi connectivity index (χ2v) is 4.92. The molecule has 0 saturated carbocycles. The molecule has 7 heteroatoms. The number of hydrogen-bond donors (Lipinski definition) is 2. The van der Waals surface area contributed by atoms with Gasteiger partial charge in [-0.15, -0.1) is 0 Å². The fourth-order valence-electron chi connectivity index (χ4n) is 2.80. The van der Waals surface area contributed by atoms with Gasteiger partial charge in [-0.1, -0.05) is 0 Å². The number of carbonyl (C=O) groups is 1. The van der Waals surface area contributed by atoms with Crippen molar-refractivity contribution in [3.8, 4) is 0 Å². The van der Waals surface area contributed by atoms with Crippen molar-refractivity contribution >= 4 is 11.6 Å². The molecule has 2 saturated heterocycles. The summed E-state index contributed by atoms with van der Waals surface area (Å²) in [6.45, 7) is 3.39. The van der Waals surface area contributed by atoms with Gasteiger partial charge in [0.15, 0.2) is 0 Å². The zero-order chi connectivity index (χ0) is 12.7. The Balaban J connectivity index is 1.72. The van der Waals surface area contributed by atoms with Crippen LogP contribution in [0.3, 0.4) is 0 Å². The highest BCUT2D eigenvalue weighted by molar-refractivity contribution is 5.93. The Morgan fingerprint density at radius 2 is 2.06 bits per heavy atom. The number of aromatic nitrogens is 1. The third-order valence-corrected chi connectivity index (χ3v) is 3.79. The van der Waals surface area contributed by atoms with Crippen molar-refractivity contribution in [3.63, 3.8) is 0 Å². The summed E-state index contributed by atoms with van der Waals surface area (Å²) >= 11 is 0. The van der Waals surface area contributed by atoms with Crippen molar-refractivity contribution < 1.29 is 9.72 Å². The van der Waals surface area contributed by atoms with Gasteiger partial charge in [0.25, 0.3) is 11.6 Å². The molecule has 0 bridgehead atoms. The maximum absolute atomic E-state index is 12.2. The highest BCUT2D eigenvalue weighted by Gasteiger charge is 2.38. The predicted octanol–water partition coefficient (Wildman–Crippen LogP) is 0.214. The number of amides is 1. The lowest BCUT2D eigenvalue weighted by Gasteiger charge is -2.16. The zero-order valence-electron chi connectivity index (χ0n) is 9.76. The third kappa shape index (κ3) is 1.76. The van der Waals surface area contributed by atoms with Gasteiger partial charge in [0.2, 0.25) is 0 Å². The summed E-state index contributed by atoms with van der Waals surface area (Å²) in [5.41, 5.74) is 0.231. The molecule has 0 aromatic carbocycles. The minimum atomic E-state index is -0.504. The molecule has 0 spiro atoms. The number of H-pyrrole nitrogens is 1. The smallest absolute Gasteiger partial charge is 0.287 e. The van der Waals surface area contributed by atoms with Gasteiger partial charge in [-0.25, -0.2) is 0 Å². The van der Waals surface area contributed by atoms with Crippen LogP contribution >= 0.6 is 0 Å². The van der Waals surface area contributed by atoms with Crippen LogP contribution in [-0.4, -0.2) is 46.9 Å². The first-order chi connectivity index (χ1) is 8.65. The first-order valence-corrected chi connectivity index (χ1v) is 5.98. The normalized spacial score (nSPS) is 26.3. The zero-order valence-corrected chi connectivity index (χ0v) is 9.76. The van der Waals surface area contributed by atoms with Crippen molar-refractivity contribution in [2.24, 2.45) is 11.8 Å². The molecular weight excluding hydrogens is 236 g/mol. The first-order valence-electron chi connectivity index (χ1n) is 5.98. The highest BCUT2D eigenvalue weighted by Crippen LogP contribution is 2.27. The Morgan fingerprint density at radius 3 is 2.61 bits per heavy atom. The molecular formula is C11H14N4O3. The van der Waals surface area contributed by atoms with Gasteiger partial charge in [-0.05, 0) is 11.8 Å². The second-order valence-electron chi connectivity index (χ2n) is 4.92. The van der Waals surface area contributed by atoms with Crippen LogP contribution in [0.1, 0.15) is 10.5 Å². The number of rotatable bonds is 2. The minimum absolute atomic E-state index is 0.0700. The predicted molar refractivity (Wildman–Crippen MR) is 63.2 cm³/mol. The highest BCUT2D eigenvalue weighted by atomic mass is 16.6. The molecule has 18 heavy (non-hydrogen) atoms. The lowest BCUT2D eigenvalue weighted by atomic mass is 10.0. The van der Waals surface area contributed by atoms with Gasteiger partial charge in [-0.2, -0.15) is 0 Å². The molecule has 1 aromatic rings. The molecule has 2 atom stereocenters. The van der Waals surface area contributed by atoms with Gasteiger partial charge < -0.3 is 15.2 Å². The Bertz CT molecular complexity index is 486. The van der Waals surface area contributed by atoms with E-state index in [4.69, 9.17) is 0 Å². The second kappa shape index (κ2) is 4.09. The van der Waals surface area contributed by atoms with E-state index in [1.165, 1.54) is 12.3 Å². The van der Waals surface area contributed by atoms with Crippen LogP contribution in [0.15, 0.2) is 12.3 Å². The molecule has 2 aliphatic rings. The van der Waals surface area contributed by atoms with E-state index in [0.717, 1.165) is 26.2 Å². The van der Waals surface area contributed by atoms with E-state index in [0.29, 0.717) is 17.5 Å². The summed E-state index contributed by atoms with van der Waals surface area (Å²) in [5.74, 6) is 0.912. The Morgan fingerprint density at radius 1 is 1.39 bits per heavy atom. The first kappa shape index (κ1) is 11.2.